The zero-order valence-corrected chi connectivity index (χ0v) is 20.8. The number of halogens is 1. The number of nitrogens with one attached hydrogen (secondary N) is 2. The van der Waals surface area contributed by atoms with Crippen molar-refractivity contribution >= 4 is 47.6 Å². The smallest absolute Gasteiger partial charge is 0.251 e. The van der Waals surface area contributed by atoms with Gasteiger partial charge < -0.3 is 20.4 Å². The van der Waals surface area contributed by atoms with Crippen LogP contribution in [0.2, 0.25) is 0 Å². The van der Waals surface area contributed by atoms with Gasteiger partial charge in [0.1, 0.15) is 0 Å². The molecule has 2 rings (SSSR count). The summed E-state index contributed by atoms with van der Waals surface area (Å²) in [6.07, 6.45) is 0. The highest BCUT2D eigenvalue weighted by atomic mass is 127. The number of rotatable bonds is 6. The van der Waals surface area contributed by atoms with Gasteiger partial charge in [-0.2, -0.15) is 11.8 Å². The van der Waals surface area contributed by atoms with Crippen LogP contribution in [-0.2, 0) is 6.54 Å². The van der Waals surface area contributed by atoms with Crippen molar-refractivity contribution in [2.24, 2.45) is 4.99 Å². The summed E-state index contributed by atoms with van der Waals surface area (Å²) < 4.78 is 0.237. The molecule has 0 radical (unpaired) electrons. The fraction of sp³-hybridized carbons (Fsp3) is 0.600. The number of carbonyl (C=O) groups excluding carboxylic acids is 1. The SMILES string of the molecule is CN=C(NCc1cccc(C(=O)NCCN(C)C)c1)N1CCSC(C)(C)C1.I. The number of hydrogen-bond acceptors (Lipinski definition) is 4. The fourth-order valence-electron chi connectivity index (χ4n) is 3.03. The van der Waals surface area contributed by atoms with Gasteiger partial charge in [0.15, 0.2) is 5.96 Å². The minimum Gasteiger partial charge on any atom is -0.352 e. The van der Waals surface area contributed by atoms with Crippen molar-refractivity contribution in [1.82, 2.24) is 20.4 Å². The van der Waals surface area contributed by atoms with Crippen molar-refractivity contribution in [3.05, 3.63) is 35.4 Å². The number of thioether (sulfide) groups is 1. The molecule has 0 unspecified atom stereocenters. The lowest BCUT2D eigenvalue weighted by molar-refractivity contribution is 0.0951. The molecule has 2 N–H and O–H groups in total. The first-order chi connectivity index (χ1) is 12.8. The normalized spacial score (nSPS) is 16.5. The summed E-state index contributed by atoms with van der Waals surface area (Å²) >= 11 is 2.01. The van der Waals surface area contributed by atoms with Crippen LogP contribution in [0.5, 0.6) is 0 Å². The second kappa shape index (κ2) is 11.9. The molecule has 158 valence electrons. The van der Waals surface area contributed by atoms with E-state index in [-0.39, 0.29) is 34.6 Å². The van der Waals surface area contributed by atoms with E-state index >= 15 is 0 Å². The van der Waals surface area contributed by atoms with Crippen LogP contribution < -0.4 is 10.6 Å². The summed E-state index contributed by atoms with van der Waals surface area (Å²) in [5, 5.41) is 6.40. The van der Waals surface area contributed by atoms with Crippen molar-refractivity contribution in [1.29, 1.82) is 0 Å². The number of hydrogen-bond donors (Lipinski definition) is 2. The maximum atomic E-state index is 12.3. The van der Waals surface area contributed by atoms with Crippen molar-refractivity contribution in [3.63, 3.8) is 0 Å². The number of likely N-dealkylation sites (N-methyl/N-ethyl adjacent to an activating group) is 1. The highest BCUT2D eigenvalue weighted by molar-refractivity contribution is 14.0. The molecule has 1 aliphatic heterocycles. The molecule has 1 heterocycles. The van der Waals surface area contributed by atoms with Gasteiger partial charge >= 0.3 is 0 Å². The Morgan fingerprint density at radius 1 is 1.32 bits per heavy atom. The molecule has 0 atom stereocenters. The molecule has 0 bridgehead atoms. The maximum Gasteiger partial charge on any atom is 0.251 e. The van der Waals surface area contributed by atoms with E-state index in [0.717, 1.165) is 36.9 Å². The first-order valence-electron chi connectivity index (χ1n) is 9.42. The molecule has 1 saturated heterocycles. The van der Waals surface area contributed by atoms with Crippen LogP contribution in [0.3, 0.4) is 0 Å². The number of guanidine groups is 1. The Kier molecular flexibility index (Phi) is 10.6. The summed E-state index contributed by atoms with van der Waals surface area (Å²) in [6.45, 7) is 8.64. The number of amides is 1. The quantitative estimate of drug-likeness (QED) is 0.344. The molecule has 0 aliphatic carbocycles. The molecule has 1 amide bonds. The predicted molar refractivity (Wildman–Crippen MR) is 131 cm³/mol. The number of benzene rings is 1. The lowest BCUT2D eigenvalue weighted by atomic mass is 10.1. The first-order valence-corrected chi connectivity index (χ1v) is 10.4. The third kappa shape index (κ3) is 8.16. The van der Waals surface area contributed by atoms with Crippen LogP contribution in [-0.4, -0.2) is 79.5 Å². The predicted octanol–water partition coefficient (Wildman–Crippen LogP) is 2.50. The van der Waals surface area contributed by atoms with Crippen LogP contribution in [0.4, 0.5) is 0 Å². The average molecular weight is 519 g/mol. The van der Waals surface area contributed by atoms with E-state index < -0.39 is 0 Å². The highest BCUT2D eigenvalue weighted by Crippen LogP contribution is 2.29. The Morgan fingerprint density at radius 2 is 2.07 bits per heavy atom. The average Bonchev–Trinajstić information content (AvgIpc) is 2.61. The molecule has 0 spiro atoms. The van der Waals surface area contributed by atoms with Gasteiger partial charge in [-0.25, -0.2) is 0 Å². The van der Waals surface area contributed by atoms with Crippen LogP contribution in [0.15, 0.2) is 29.3 Å². The molecule has 1 aliphatic rings. The zero-order valence-electron chi connectivity index (χ0n) is 17.6. The lowest BCUT2D eigenvalue weighted by Crippen LogP contribution is -2.50. The van der Waals surface area contributed by atoms with Gasteiger partial charge in [-0.3, -0.25) is 9.79 Å². The maximum absolute atomic E-state index is 12.3. The molecule has 0 saturated carbocycles. The second-order valence-electron chi connectivity index (χ2n) is 7.69. The van der Waals surface area contributed by atoms with Gasteiger partial charge in [0.05, 0.1) is 0 Å². The van der Waals surface area contributed by atoms with Crippen molar-refractivity contribution in [2.45, 2.75) is 25.1 Å². The Hall–Kier alpha value is -1.00. The van der Waals surface area contributed by atoms with Crippen molar-refractivity contribution < 1.29 is 4.79 Å². The third-order valence-corrected chi connectivity index (χ3v) is 5.72. The molecule has 1 fully saturated rings. The molecule has 6 nitrogen and oxygen atoms in total. The second-order valence-corrected chi connectivity index (χ2v) is 9.49. The summed E-state index contributed by atoms with van der Waals surface area (Å²) in [5.74, 6) is 2.00. The molecular formula is C20H34IN5OS. The topological polar surface area (TPSA) is 60.0 Å². The minimum absolute atomic E-state index is 0. The van der Waals surface area contributed by atoms with Crippen LogP contribution in [0.25, 0.3) is 0 Å². The third-order valence-electron chi connectivity index (χ3n) is 4.42. The van der Waals surface area contributed by atoms with E-state index in [0.29, 0.717) is 18.7 Å². The highest BCUT2D eigenvalue weighted by Gasteiger charge is 2.28. The van der Waals surface area contributed by atoms with Gasteiger partial charge in [-0.05, 0) is 45.6 Å². The standard InChI is InChI=1S/C20H33N5OS.HI/c1-20(2)15-25(11-12-27-20)19(21-3)23-14-16-7-6-8-17(13-16)18(26)22-9-10-24(4)5;/h6-8,13H,9-12,14-15H2,1-5H3,(H,21,23)(H,22,26);1H. The van der Waals surface area contributed by atoms with E-state index in [9.17, 15) is 4.79 Å². The molecule has 28 heavy (non-hydrogen) atoms. The van der Waals surface area contributed by atoms with E-state index in [1.165, 1.54) is 0 Å². The zero-order chi connectivity index (χ0) is 19.9. The summed E-state index contributed by atoms with van der Waals surface area (Å²) in [5.41, 5.74) is 1.76. The van der Waals surface area contributed by atoms with E-state index in [2.05, 4.69) is 34.4 Å². The summed E-state index contributed by atoms with van der Waals surface area (Å²) in [4.78, 5) is 21.1. The molecule has 1 aromatic rings. The van der Waals surface area contributed by atoms with E-state index in [4.69, 9.17) is 0 Å². The molecule has 1 aromatic carbocycles. The van der Waals surface area contributed by atoms with Gasteiger partial charge in [-0.15, -0.1) is 24.0 Å². The van der Waals surface area contributed by atoms with Gasteiger partial charge in [0, 0.05) is 55.8 Å². The van der Waals surface area contributed by atoms with Crippen LogP contribution >= 0.6 is 35.7 Å². The van der Waals surface area contributed by atoms with Gasteiger partial charge in [-0.1, -0.05) is 12.1 Å². The fourth-order valence-corrected chi connectivity index (χ4v) is 4.14. The van der Waals surface area contributed by atoms with Crippen LogP contribution in [0.1, 0.15) is 29.8 Å². The lowest BCUT2D eigenvalue weighted by Gasteiger charge is -2.39. The van der Waals surface area contributed by atoms with Crippen molar-refractivity contribution in [2.75, 3.05) is 53.1 Å². The Bertz CT molecular complexity index is 666. The monoisotopic (exact) mass is 519 g/mol. The number of nitrogens with zero attached hydrogens (tertiary/aromatic N) is 3. The minimum atomic E-state index is -0.0297. The van der Waals surface area contributed by atoms with Crippen molar-refractivity contribution in [3.8, 4) is 0 Å². The van der Waals surface area contributed by atoms with Crippen LogP contribution in [0, 0.1) is 0 Å². The summed E-state index contributed by atoms with van der Waals surface area (Å²) in [7, 11) is 5.81. The van der Waals surface area contributed by atoms with Gasteiger partial charge in [0.2, 0.25) is 0 Å². The van der Waals surface area contributed by atoms with Gasteiger partial charge in [0.25, 0.3) is 5.91 Å². The molecule has 0 aromatic heterocycles. The van der Waals surface area contributed by atoms with E-state index in [1.807, 2.05) is 62.1 Å². The Balaban J connectivity index is 0.00000392. The number of aliphatic imine (C=N–C) groups is 1. The Labute approximate surface area is 190 Å². The Morgan fingerprint density at radius 3 is 2.71 bits per heavy atom. The first kappa shape index (κ1) is 25.0. The molecule has 8 heteroatoms. The van der Waals surface area contributed by atoms with E-state index in [1.54, 1.807) is 0 Å². The molecular weight excluding hydrogens is 485 g/mol. The summed E-state index contributed by atoms with van der Waals surface area (Å²) in [6, 6.07) is 7.77. The largest absolute Gasteiger partial charge is 0.352 e. The number of carbonyl (C=O) groups is 1.